The van der Waals surface area contributed by atoms with E-state index in [0.29, 0.717) is 27.2 Å². The van der Waals surface area contributed by atoms with Gasteiger partial charge in [0, 0.05) is 21.8 Å². The number of carbonyl (C=O) groups is 2. The minimum absolute atomic E-state index is 0.0673. The fraction of sp³-hybridized carbons (Fsp3) is 0.150. The summed E-state index contributed by atoms with van der Waals surface area (Å²) in [4.78, 5) is 29.0. The van der Waals surface area contributed by atoms with Crippen molar-refractivity contribution in [2.24, 2.45) is 0 Å². The van der Waals surface area contributed by atoms with Crippen molar-refractivity contribution in [2.75, 3.05) is 5.32 Å². The Balaban J connectivity index is 1.80. The van der Waals surface area contributed by atoms with E-state index in [0.717, 1.165) is 30.5 Å². The van der Waals surface area contributed by atoms with Crippen molar-refractivity contribution < 1.29 is 14.7 Å². The minimum Gasteiger partial charge on any atom is -0.478 e. The number of aryl methyl sites for hydroxylation is 1. The second-order valence-corrected chi connectivity index (χ2v) is 7.22. The number of nitrogens with one attached hydrogen (secondary N) is 1. The van der Waals surface area contributed by atoms with Gasteiger partial charge in [-0.25, -0.2) is 4.79 Å². The van der Waals surface area contributed by atoms with Gasteiger partial charge in [0.2, 0.25) is 0 Å². The monoisotopic (exact) mass is 400 g/mol. The predicted octanol–water partition coefficient (Wildman–Crippen LogP) is 4.98. The van der Waals surface area contributed by atoms with Crippen LogP contribution in [0, 0.1) is 0 Å². The Hall–Kier alpha value is -2.63. The second kappa shape index (κ2) is 6.83. The van der Waals surface area contributed by atoms with Crippen molar-refractivity contribution in [3.63, 3.8) is 0 Å². The van der Waals surface area contributed by atoms with Gasteiger partial charge in [-0.05, 0) is 61.2 Å². The number of pyridine rings is 1. The molecule has 2 N–H and O–H groups in total. The first-order valence-electron chi connectivity index (χ1n) is 8.39. The highest BCUT2D eigenvalue weighted by molar-refractivity contribution is 6.33. The molecule has 5 nitrogen and oxygen atoms in total. The summed E-state index contributed by atoms with van der Waals surface area (Å²) in [6.07, 6.45) is 2.55. The molecule has 4 rings (SSSR count). The van der Waals surface area contributed by atoms with Crippen LogP contribution in [0.15, 0.2) is 36.4 Å². The summed E-state index contributed by atoms with van der Waals surface area (Å²) < 4.78 is 0. The Morgan fingerprint density at radius 1 is 1.07 bits per heavy atom. The van der Waals surface area contributed by atoms with Crippen molar-refractivity contribution in [1.29, 1.82) is 0 Å². The van der Waals surface area contributed by atoms with E-state index in [1.165, 1.54) is 12.1 Å². The van der Waals surface area contributed by atoms with Crippen molar-refractivity contribution in [3.8, 4) is 0 Å². The van der Waals surface area contributed by atoms with Gasteiger partial charge in [-0.2, -0.15) is 0 Å². The number of carboxylic acids is 1. The molecule has 7 heteroatoms. The van der Waals surface area contributed by atoms with Gasteiger partial charge in [-0.3, -0.25) is 9.78 Å². The fourth-order valence-corrected chi connectivity index (χ4v) is 3.82. The number of benzene rings is 2. The Morgan fingerprint density at radius 2 is 1.89 bits per heavy atom. The van der Waals surface area contributed by atoms with Gasteiger partial charge in [-0.15, -0.1) is 0 Å². The summed E-state index contributed by atoms with van der Waals surface area (Å²) >= 11 is 12.0. The molecule has 1 amide bonds. The van der Waals surface area contributed by atoms with Crippen LogP contribution in [0.3, 0.4) is 0 Å². The number of fused-ring (bicyclic) bond motifs is 2. The summed E-state index contributed by atoms with van der Waals surface area (Å²) in [5.41, 5.74) is 3.41. The Labute approximate surface area is 164 Å². The van der Waals surface area contributed by atoms with Crippen LogP contribution in [0.25, 0.3) is 10.9 Å². The SMILES string of the molecule is O=C(O)c1cc(NC(=O)c2c3c(nc4ccc(Cl)cc24)CCC3)ccc1Cl. The molecule has 27 heavy (non-hydrogen) atoms. The van der Waals surface area contributed by atoms with E-state index in [1.807, 2.05) is 0 Å². The van der Waals surface area contributed by atoms with Crippen LogP contribution in [-0.2, 0) is 12.8 Å². The van der Waals surface area contributed by atoms with E-state index in [-0.39, 0.29) is 16.5 Å². The number of halogens is 2. The largest absolute Gasteiger partial charge is 0.478 e. The molecule has 0 fully saturated rings. The van der Waals surface area contributed by atoms with Crippen LogP contribution in [0.1, 0.15) is 38.4 Å². The number of hydrogen-bond acceptors (Lipinski definition) is 3. The third kappa shape index (κ3) is 3.24. The molecular formula is C20H14Cl2N2O3. The Morgan fingerprint density at radius 3 is 2.67 bits per heavy atom. The number of hydrogen-bond donors (Lipinski definition) is 2. The number of carbonyl (C=O) groups excluding carboxylic acids is 1. The molecule has 1 heterocycles. The van der Waals surface area contributed by atoms with Crippen molar-refractivity contribution in [3.05, 3.63) is 68.8 Å². The number of nitrogens with zero attached hydrogens (tertiary/aromatic N) is 1. The van der Waals surface area contributed by atoms with E-state index >= 15 is 0 Å². The van der Waals surface area contributed by atoms with Crippen LogP contribution < -0.4 is 5.32 Å². The molecule has 3 aromatic rings. The molecule has 2 aromatic carbocycles. The Bertz CT molecular complexity index is 1110. The topological polar surface area (TPSA) is 79.3 Å². The molecule has 0 bridgehead atoms. The average molecular weight is 401 g/mol. The van der Waals surface area contributed by atoms with Gasteiger partial charge in [0.25, 0.3) is 5.91 Å². The second-order valence-electron chi connectivity index (χ2n) is 6.38. The third-order valence-electron chi connectivity index (χ3n) is 4.66. The van der Waals surface area contributed by atoms with Crippen LogP contribution >= 0.6 is 23.2 Å². The van der Waals surface area contributed by atoms with Crippen molar-refractivity contribution >= 4 is 51.7 Å². The number of rotatable bonds is 3. The maximum atomic E-state index is 13.1. The summed E-state index contributed by atoms with van der Waals surface area (Å²) in [5, 5.41) is 13.3. The summed E-state index contributed by atoms with van der Waals surface area (Å²) in [6.45, 7) is 0. The standard InChI is InChI=1S/C20H14Cl2N2O3/c21-10-4-7-17-14(8-10)18(12-2-1-3-16(12)24-17)19(25)23-11-5-6-15(22)13(9-11)20(26)27/h4-9H,1-3H2,(H,23,25)(H,26,27). The highest BCUT2D eigenvalue weighted by Gasteiger charge is 2.24. The van der Waals surface area contributed by atoms with Crippen LogP contribution in [-0.4, -0.2) is 22.0 Å². The molecule has 0 spiro atoms. The molecule has 0 unspecified atom stereocenters. The molecule has 1 aliphatic rings. The Kier molecular flexibility index (Phi) is 4.50. The van der Waals surface area contributed by atoms with Gasteiger partial charge in [0.15, 0.2) is 0 Å². The first-order valence-corrected chi connectivity index (χ1v) is 9.15. The van der Waals surface area contributed by atoms with Crippen LogP contribution in [0.4, 0.5) is 5.69 Å². The lowest BCUT2D eigenvalue weighted by molar-refractivity contribution is 0.0696. The fourth-order valence-electron chi connectivity index (χ4n) is 3.45. The highest BCUT2D eigenvalue weighted by Crippen LogP contribution is 2.32. The first-order chi connectivity index (χ1) is 12.9. The molecule has 0 saturated heterocycles. The highest BCUT2D eigenvalue weighted by atomic mass is 35.5. The lowest BCUT2D eigenvalue weighted by Crippen LogP contribution is -2.16. The molecule has 1 aliphatic carbocycles. The predicted molar refractivity (Wildman–Crippen MR) is 105 cm³/mol. The summed E-state index contributed by atoms with van der Waals surface area (Å²) in [7, 11) is 0. The maximum Gasteiger partial charge on any atom is 0.337 e. The first kappa shape index (κ1) is 17.8. The molecule has 0 saturated carbocycles. The van der Waals surface area contributed by atoms with Gasteiger partial charge >= 0.3 is 5.97 Å². The van der Waals surface area contributed by atoms with Crippen molar-refractivity contribution in [2.45, 2.75) is 19.3 Å². The van der Waals surface area contributed by atoms with Gasteiger partial charge in [0.1, 0.15) is 0 Å². The van der Waals surface area contributed by atoms with Gasteiger partial charge in [0.05, 0.1) is 21.7 Å². The molecule has 0 radical (unpaired) electrons. The molecular weight excluding hydrogens is 387 g/mol. The third-order valence-corrected chi connectivity index (χ3v) is 5.22. The van der Waals surface area contributed by atoms with E-state index in [2.05, 4.69) is 10.3 Å². The quantitative estimate of drug-likeness (QED) is 0.649. The van der Waals surface area contributed by atoms with Crippen molar-refractivity contribution in [1.82, 2.24) is 4.98 Å². The smallest absolute Gasteiger partial charge is 0.337 e. The number of amides is 1. The normalized spacial score (nSPS) is 12.8. The molecule has 136 valence electrons. The zero-order valence-electron chi connectivity index (χ0n) is 14.1. The number of aromatic carboxylic acids is 1. The lowest BCUT2D eigenvalue weighted by atomic mass is 10.0. The zero-order chi connectivity index (χ0) is 19.1. The minimum atomic E-state index is -1.15. The average Bonchev–Trinajstić information content (AvgIpc) is 3.08. The van der Waals surface area contributed by atoms with Gasteiger partial charge in [-0.1, -0.05) is 23.2 Å². The van der Waals surface area contributed by atoms with E-state index in [9.17, 15) is 14.7 Å². The van der Waals surface area contributed by atoms with Gasteiger partial charge < -0.3 is 10.4 Å². The van der Waals surface area contributed by atoms with Crippen LogP contribution in [0.5, 0.6) is 0 Å². The zero-order valence-corrected chi connectivity index (χ0v) is 15.6. The summed E-state index contributed by atoms with van der Waals surface area (Å²) in [5.74, 6) is -1.47. The van der Waals surface area contributed by atoms with E-state index in [4.69, 9.17) is 23.2 Å². The molecule has 0 aliphatic heterocycles. The molecule has 1 aromatic heterocycles. The summed E-state index contributed by atoms with van der Waals surface area (Å²) in [6, 6.07) is 9.66. The number of anilines is 1. The van der Waals surface area contributed by atoms with E-state index < -0.39 is 5.97 Å². The lowest BCUT2D eigenvalue weighted by Gasteiger charge is -2.13. The molecule has 0 atom stereocenters. The number of aromatic nitrogens is 1. The van der Waals surface area contributed by atoms with E-state index in [1.54, 1.807) is 24.3 Å². The maximum absolute atomic E-state index is 13.1. The van der Waals surface area contributed by atoms with Crippen LogP contribution in [0.2, 0.25) is 10.0 Å². The number of carboxylic acid groups (broad SMARTS) is 1.